The highest BCUT2D eigenvalue weighted by molar-refractivity contribution is 7.89. The molecule has 2 rings (SSSR count). The Morgan fingerprint density at radius 2 is 2.00 bits per heavy atom. The lowest BCUT2D eigenvalue weighted by Gasteiger charge is -2.11. The normalized spacial score (nSPS) is 11.4. The zero-order chi connectivity index (χ0) is 18.6. The Morgan fingerprint density at radius 1 is 1.28 bits per heavy atom. The molecule has 136 valence electrons. The van der Waals surface area contributed by atoms with Crippen molar-refractivity contribution >= 4 is 33.0 Å². The van der Waals surface area contributed by atoms with Crippen LogP contribution in [-0.4, -0.2) is 21.4 Å². The lowest BCUT2D eigenvalue weighted by molar-refractivity contribution is 0.103. The average Bonchev–Trinajstić information content (AvgIpc) is 2.97. The standard InChI is InChI=1S/C17H22N2O4S2/c1-4-6-15-11(5-2)9-16(24-15)17(20)19-13-10-12(25(18,21)22)7-8-14(13)23-3/h7-10H,4-6H2,1-3H3,(H,19,20)(H2,18,21,22). The first-order chi connectivity index (χ1) is 11.8. The third-order valence-electron chi connectivity index (χ3n) is 3.73. The number of hydrogen-bond donors (Lipinski definition) is 2. The van der Waals surface area contributed by atoms with E-state index >= 15 is 0 Å². The first-order valence-corrected chi connectivity index (χ1v) is 10.3. The lowest BCUT2D eigenvalue weighted by Crippen LogP contribution is -2.15. The van der Waals surface area contributed by atoms with Gasteiger partial charge in [0.15, 0.2) is 0 Å². The number of rotatable bonds is 7. The number of carbonyl (C=O) groups is 1. The molecule has 0 bridgehead atoms. The number of amides is 1. The molecule has 6 nitrogen and oxygen atoms in total. The van der Waals surface area contributed by atoms with Crippen LogP contribution in [0, 0.1) is 0 Å². The number of nitrogens with two attached hydrogens (primary N) is 1. The van der Waals surface area contributed by atoms with E-state index in [1.165, 1.54) is 47.1 Å². The molecule has 0 saturated heterocycles. The van der Waals surface area contributed by atoms with Crippen LogP contribution in [0.1, 0.15) is 40.4 Å². The van der Waals surface area contributed by atoms with Crippen LogP contribution in [0.3, 0.4) is 0 Å². The van der Waals surface area contributed by atoms with Crippen molar-refractivity contribution in [2.45, 2.75) is 38.0 Å². The second kappa shape index (κ2) is 7.99. The van der Waals surface area contributed by atoms with Gasteiger partial charge in [-0.3, -0.25) is 4.79 Å². The van der Waals surface area contributed by atoms with Crippen molar-refractivity contribution < 1.29 is 17.9 Å². The number of thiophene rings is 1. The van der Waals surface area contributed by atoms with Gasteiger partial charge in [0.2, 0.25) is 10.0 Å². The Balaban J connectivity index is 2.34. The highest BCUT2D eigenvalue weighted by atomic mass is 32.2. The predicted octanol–water partition coefficient (Wildman–Crippen LogP) is 3.17. The molecule has 0 unspecified atom stereocenters. The molecule has 0 radical (unpaired) electrons. The maximum absolute atomic E-state index is 12.6. The topological polar surface area (TPSA) is 98.5 Å². The van der Waals surface area contributed by atoms with Crippen LogP contribution in [0.25, 0.3) is 0 Å². The Labute approximate surface area is 152 Å². The summed E-state index contributed by atoms with van der Waals surface area (Å²) in [7, 11) is -2.42. The van der Waals surface area contributed by atoms with Crippen molar-refractivity contribution in [3.05, 3.63) is 39.6 Å². The van der Waals surface area contributed by atoms with Gasteiger partial charge >= 0.3 is 0 Å². The number of aryl methyl sites for hydroxylation is 2. The summed E-state index contributed by atoms with van der Waals surface area (Å²) in [5.41, 5.74) is 1.43. The molecule has 0 aliphatic rings. The molecule has 25 heavy (non-hydrogen) atoms. The van der Waals surface area contributed by atoms with Crippen LogP contribution in [0.2, 0.25) is 0 Å². The van der Waals surface area contributed by atoms with Gasteiger partial charge in [-0.1, -0.05) is 20.3 Å². The minimum absolute atomic E-state index is 0.0873. The summed E-state index contributed by atoms with van der Waals surface area (Å²) >= 11 is 1.46. The third-order valence-corrected chi connectivity index (χ3v) is 5.87. The summed E-state index contributed by atoms with van der Waals surface area (Å²) in [4.78, 5) is 14.3. The maximum Gasteiger partial charge on any atom is 0.265 e. The van der Waals surface area contributed by atoms with E-state index < -0.39 is 10.0 Å². The largest absolute Gasteiger partial charge is 0.495 e. The predicted molar refractivity (Wildman–Crippen MR) is 100 cm³/mol. The fraction of sp³-hybridized carbons (Fsp3) is 0.353. The number of methoxy groups -OCH3 is 1. The van der Waals surface area contributed by atoms with Gasteiger partial charge in [0.25, 0.3) is 5.91 Å². The number of anilines is 1. The first kappa shape index (κ1) is 19.4. The Hall–Kier alpha value is -1.90. The summed E-state index contributed by atoms with van der Waals surface area (Å²) in [6, 6.07) is 5.99. The Morgan fingerprint density at radius 3 is 2.56 bits per heavy atom. The van der Waals surface area contributed by atoms with Crippen LogP contribution in [0.5, 0.6) is 5.75 Å². The number of primary sulfonamides is 1. The molecule has 0 spiro atoms. The molecule has 3 N–H and O–H groups in total. The van der Waals surface area contributed by atoms with E-state index in [1.54, 1.807) is 0 Å². The van der Waals surface area contributed by atoms with Gasteiger partial charge in [-0.2, -0.15) is 0 Å². The van der Waals surface area contributed by atoms with Crippen molar-refractivity contribution in [1.29, 1.82) is 0 Å². The number of hydrogen-bond acceptors (Lipinski definition) is 5. The molecule has 1 amide bonds. The molecule has 1 heterocycles. The van der Waals surface area contributed by atoms with Crippen molar-refractivity contribution in [3.63, 3.8) is 0 Å². The number of benzene rings is 1. The third kappa shape index (κ3) is 4.59. The molecule has 1 aromatic carbocycles. The second-order valence-electron chi connectivity index (χ2n) is 5.52. The van der Waals surface area contributed by atoms with Gasteiger partial charge in [-0.25, -0.2) is 13.6 Å². The number of sulfonamides is 1. The van der Waals surface area contributed by atoms with Crippen LogP contribution in [0.15, 0.2) is 29.2 Å². The summed E-state index contributed by atoms with van der Waals surface area (Å²) in [5, 5.41) is 7.88. The fourth-order valence-corrected chi connectivity index (χ4v) is 4.25. The van der Waals surface area contributed by atoms with Gasteiger partial charge in [0.1, 0.15) is 5.75 Å². The first-order valence-electron chi connectivity index (χ1n) is 7.93. The zero-order valence-corrected chi connectivity index (χ0v) is 16.1. The van der Waals surface area contributed by atoms with E-state index in [-0.39, 0.29) is 16.5 Å². The van der Waals surface area contributed by atoms with Crippen molar-refractivity contribution in [2.24, 2.45) is 5.14 Å². The molecular weight excluding hydrogens is 360 g/mol. The number of ether oxygens (including phenoxy) is 1. The molecule has 8 heteroatoms. The van der Waals surface area contributed by atoms with Crippen molar-refractivity contribution in [3.8, 4) is 5.75 Å². The van der Waals surface area contributed by atoms with E-state index in [0.29, 0.717) is 10.6 Å². The van der Waals surface area contributed by atoms with E-state index in [9.17, 15) is 13.2 Å². The van der Waals surface area contributed by atoms with Gasteiger partial charge in [0, 0.05) is 4.88 Å². The Bertz CT molecular complexity index is 873. The highest BCUT2D eigenvalue weighted by Gasteiger charge is 2.17. The highest BCUT2D eigenvalue weighted by Crippen LogP contribution is 2.30. The minimum atomic E-state index is -3.87. The van der Waals surface area contributed by atoms with E-state index in [4.69, 9.17) is 9.88 Å². The molecule has 0 atom stereocenters. The number of carbonyl (C=O) groups excluding carboxylic acids is 1. The quantitative estimate of drug-likeness (QED) is 0.768. The van der Waals surface area contributed by atoms with E-state index in [2.05, 4.69) is 19.2 Å². The van der Waals surface area contributed by atoms with Gasteiger partial charge < -0.3 is 10.1 Å². The van der Waals surface area contributed by atoms with Gasteiger partial charge in [0.05, 0.1) is 22.6 Å². The summed E-state index contributed by atoms with van der Waals surface area (Å²) in [6.07, 6.45) is 2.81. The van der Waals surface area contributed by atoms with E-state index in [1.807, 2.05) is 6.07 Å². The summed E-state index contributed by atoms with van der Waals surface area (Å²) in [6.45, 7) is 4.16. The molecule has 2 aromatic rings. The molecule has 0 aliphatic carbocycles. The van der Waals surface area contributed by atoms with Crippen molar-refractivity contribution in [1.82, 2.24) is 0 Å². The van der Waals surface area contributed by atoms with Gasteiger partial charge in [-0.05, 0) is 42.7 Å². The van der Waals surface area contributed by atoms with Crippen LogP contribution in [0.4, 0.5) is 5.69 Å². The number of nitrogens with one attached hydrogen (secondary N) is 1. The van der Waals surface area contributed by atoms with Crippen molar-refractivity contribution in [2.75, 3.05) is 12.4 Å². The molecule has 0 aliphatic heterocycles. The second-order valence-corrected chi connectivity index (χ2v) is 8.22. The molecule has 0 saturated carbocycles. The van der Waals surface area contributed by atoms with Gasteiger partial charge in [-0.15, -0.1) is 11.3 Å². The van der Waals surface area contributed by atoms with E-state index in [0.717, 1.165) is 19.3 Å². The smallest absolute Gasteiger partial charge is 0.265 e. The summed E-state index contributed by atoms with van der Waals surface area (Å²) < 4.78 is 28.2. The monoisotopic (exact) mass is 382 g/mol. The average molecular weight is 383 g/mol. The molecule has 1 aromatic heterocycles. The summed E-state index contributed by atoms with van der Waals surface area (Å²) in [5.74, 6) is 0.0636. The maximum atomic E-state index is 12.6. The van der Waals surface area contributed by atoms with Crippen LogP contribution in [-0.2, 0) is 22.9 Å². The Kier molecular flexibility index (Phi) is 6.21. The zero-order valence-electron chi connectivity index (χ0n) is 14.5. The lowest BCUT2D eigenvalue weighted by atomic mass is 10.1. The molecule has 0 fully saturated rings. The minimum Gasteiger partial charge on any atom is -0.495 e. The van der Waals surface area contributed by atoms with Crippen LogP contribution < -0.4 is 15.2 Å². The SMILES string of the molecule is CCCc1sc(C(=O)Nc2cc(S(N)(=O)=O)ccc2OC)cc1CC. The molecular formula is C17H22N2O4S2. The fourth-order valence-electron chi connectivity index (χ4n) is 2.46. The van der Waals surface area contributed by atoms with Crippen LogP contribution >= 0.6 is 11.3 Å².